The maximum absolute atomic E-state index is 11.2. The van der Waals surface area contributed by atoms with Crippen LogP contribution in [0.5, 0.6) is 5.75 Å². The van der Waals surface area contributed by atoms with Gasteiger partial charge in [0.2, 0.25) is 0 Å². The maximum atomic E-state index is 11.2. The van der Waals surface area contributed by atoms with E-state index in [0.717, 1.165) is 0 Å². The molecule has 0 amide bonds. The van der Waals surface area contributed by atoms with Crippen LogP contribution in [0.25, 0.3) is 0 Å². The molecule has 0 aromatic heterocycles. The summed E-state index contributed by atoms with van der Waals surface area (Å²) in [6.07, 6.45) is 0. The van der Waals surface area contributed by atoms with E-state index in [4.69, 9.17) is 4.74 Å². The number of rotatable bonds is 3. The first kappa shape index (κ1) is 14.9. The number of ether oxygens (including phenoxy) is 1. The highest BCUT2D eigenvalue weighted by atomic mass is 16.6. The van der Waals surface area contributed by atoms with Crippen molar-refractivity contribution in [1.29, 1.82) is 0 Å². The fraction of sp³-hybridized carbons (Fsp3) is 0.500. The Kier molecular flexibility index (Phi) is 3.78. The van der Waals surface area contributed by atoms with E-state index < -0.39 is 15.3 Å². The molecule has 0 heterocycles. The molecule has 7 heteroatoms. The van der Waals surface area contributed by atoms with Crippen LogP contribution in [0.3, 0.4) is 0 Å². The normalized spacial score (nSPS) is 11.2. The standard InChI is InChI=1S/C12H16N2O5/c1-7-8(12(2,3)4)6-9(13(15)16)11(19-5)10(7)14(17)18/h6H,1-5H3. The van der Waals surface area contributed by atoms with E-state index in [1.165, 1.54) is 13.2 Å². The first-order valence-corrected chi connectivity index (χ1v) is 5.62. The van der Waals surface area contributed by atoms with Crippen LogP contribution in [0, 0.1) is 27.2 Å². The van der Waals surface area contributed by atoms with Gasteiger partial charge in [0.25, 0.3) is 5.75 Å². The van der Waals surface area contributed by atoms with Crippen molar-refractivity contribution >= 4 is 11.4 Å². The lowest BCUT2D eigenvalue weighted by Crippen LogP contribution is -2.15. The van der Waals surface area contributed by atoms with Gasteiger partial charge >= 0.3 is 11.4 Å². The molecule has 0 aliphatic rings. The zero-order valence-corrected chi connectivity index (χ0v) is 11.5. The molecule has 0 N–H and O–H groups in total. The Balaban J connectivity index is 3.83. The molecule has 0 aliphatic carbocycles. The molecule has 0 fully saturated rings. The third-order valence-corrected chi connectivity index (χ3v) is 2.88. The van der Waals surface area contributed by atoms with E-state index in [9.17, 15) is 20.2 Å². The van der Waals surface area contributed by atoms with Gasteiger partial charge in [0.05, 0.1) is 17.0 Å². The van der Waals surface area contributed by atoms with E-state index in [2.05, 4.69) is 0 Å². The fourth-order valence-electron chi connectivity index (χ4n) is 2.07. The van der Waals surface area contributed by atoms with Crippen LogP contribution in [0.1, 0.15) is 31.9 Å². The third kappa shape index (κ3) is 2.64. The number of hydrogen-bond donors (Lipinski definition) is 0. The Hall–Kier alpha value is -2.18. The Morgan fingerprint density at radius 1 is 1.16 bits per heavy atom. The van der Waals surface area contributed by atoms with Gasteiger partial charge in [0.15, 0.2) is 0 Å². The lowest BCUT2D eigenvalue weighted by molar-refractivity contribution is -0.396. The lowest BCUT2D eigenvalue weighted by atomic mass is 9.83. The van der Waals surface area contributed by atoms with Gasteiger partial charge in [-0.25, -0.2) is 0 Å². The van der Waals surface area contributed by atoms with Gasteiger partial charge in [0, 0.05) is 11.6 Å². The largest absolute Gasteiger partial charge is 0.485 e. The van der Waals surface area contributed by atoms with E-state index in [-0.39, 0.29) is 17.1 Å². The summed E-state index contributed by atoms with van der Waals surface area (Å²) in [6, 6.07) is 1.35. The average molecular weight is 268 g/mol. The minimum Gasteiger partial charge on any atom is -0.485 e. The summed E-state index contributed by atoms with van der Waals surface area (Å²) >= 11 is 0. The summed E-state index contributed by atoms with van der Waals surface area (Å²) in [6.45, 7) is 7.10. The SMILES string of the molecule is COc1c([N+](=O)[O-])cc(C(C)(C)C)c(C)c1[N+](=O)[O-]. The van der Waals surface area contributed by atoms with Gasteiger partial charge < -0.3 is 4.74 Å². The van der Waals surface area contributed by atoms with Crippen molar-refractivity contribution in [2.75, 3.05) is 7.11 Å². The molecule has 0 spiro atoms. The Morgan fingerprint density at radius 2 is 1.68 bits per heavy atom. The molecule has 0 bridgehead atoms. The van der Waals surface area contributed by atoms with E-state index in [1.54, 1.807) is 6.92 Å². The van der Waals surface area contributed by atoms with Crippen molar-refractivity contribution in [2.45, 2.75) is 33.1 Å². The van der Waals surface area contributed by atoms with Crippen LogP contribution < -0.4 is 4.74 Å². The van der Waals surface area contributed by atoms with Crippen molar-refractivity contribution in [1.82, 2.24) is 0 Å². The summed E-state index contributed by atoms with van der Waals surface area (Å²) in [5, 5.41) is 22.2. The average Bonchev–Trinajstić information content (AvgIpc) is 2.25. The maximum Gasteiger partial charge on any atom is 0.321 e. The van der Waals surface area contributed by atoms with Crippen molar-refractivity contribution in [3.05, 3.63) is 37.4 Å². The second kappa shape index (κ2) is 4.83. The third-order valence-electron chi connectivity index (χ3n) is 2.88. The summed E-state index contributed by atoms with van der Waals surface area (Å²) in [5.41, 5.74) is -0.218. The molecule has 0 saturated carbocycles. The fourth-order valence-corrected chi connectivity index (χ4v) is 2.07. The predicted molar refractivity (Wildman–Crippen MR) is 69.7 cm³/mol. The zero-order valence-electron chi connectivity index (χ0n) is 11.5. The van der Waals surface area contributed by atoms with Crippen molar-refractivity contribution in [2.24, 2.45) is 0 Å². The predicted octanol–water partition coefficient (Wildman–Crippen LogP) is 3.12. The molecule has 1 aromatic carbocycles. The molecular weight excluding hydrogens is 252 g/mol. The Morgan fingerprint density at radius 3 is 2.00 bits per heavy atom. The van der Waals surface area contributed by atoms with Crippen LogP contribution in [0.2, 0.25) is 0 Å². The Labute approximate surface area is 110 Å². The summed E-state index contributed by atoms with van der Waals surface area (Å²) in [5.74, 6) is -0.305. The van der Waals surface area contributed by atoms with E-state index >= 15 is 0 Å². The number of hydrogen-bond acceptors (Lipinski definition) is 5. The van der Waals surface area contributed by atoms with Crippen molar-refractivity contribution in [3.63, 3.8) is 0 Å². The topological polar surface area (TPSA) is 95.5 Å². The summed E-state index contributed by atoms with van der Waals surface area (Å²) in [7, 11) is 1.19. The quantitative estimate of drug-likeness (QED) is 0.619. The van der Waals surface area contributed by atoms with Crippen LogP contribution >= 0.6 is 0 Å². The molecule has 1 rings (SSSR count). The highest BCUT2D eigenvalue weighted by Crippen LogP contribution is 2.44. The summed E-state index contributed by atoms with van der Waals surface area (Å²) in [4.78, 5) is 20.9. The second-order valence-corrected chi connectivity index (χ2v) is 5.21. The zero-order chi connectivity index (χ0) is 15.0. The molecule has 0 unspecified atom stereocenters. The van der Waals surface area contributed by atoms with Crippen LogP contribution in [-0.2, 0) is 5.41 Å². The molecule has 0 atom stereocenters. The van der Waals surface area contributed by atoms with Crippen molar-refractivity contribution in [3.8, 4) is 5.75 Å². The molecule has 19 heavy (non-hydrogen) atoms. The van der Waals surface area contributed by atoms with Gasteiger partial charge in [-0.3, -0.25) is 20.2 Å². The number of benzene rings is 1. The van der Waals surface area contributed by atoms with Crippen LogP contribution in [0.4, 0.5) is 11.4 Å². The highest BCUT2D eigenvalue weighted by molar-refractivity contribution is 5.67. The van der Waals surface area contributed by atoms with Gasteiger partial charge in [-0.1, -0.05) is 20.8 Å². The molecular formula is C12H16N2O5. The second-order valence-electron chi connectivity index (χ2n) is 5.21. The molecule has 0 aliphatic heterocycles. The molecule has 7 nitrogen and oxygen atoms in total. The Bertz CT molecular complexity index is 546. The smallest absolute Gasteiger partial charge is 0.321 e. The first-order valence-electron chi connectivity index (χ1n) is 5.62. The monoisotopic (exact) mass is 268 g/mol. The minimum absolute atomic E-state index is 0.305. The van der Waals surface area contributed by atoms with Crippen molar-refractivity contribution < 1.29 is 14.6 Å². The van der Waals surface area contributed by atoms with Gasteiger partial charge in [-0.2, -0.15) is 0 Å². The van der Waals surface area contributed by atoms with Gasteiger partial charge in [-0.15, -0.1) is 0 Å². The lowest BCUT2D eigenvalue weighted by Gasteiger charge is -2.21. The molecule has 104 valence electrons. The van der Waals surface area contributed by atoms with E-state index in [0.29, 0.717) is 11.1 Å². The number of nitrogens with zero attached hydrogens (tertiary/aromatic N) is 2. The molecule has 0 radical (unpaired) electrons. The van der Waals surface area contributed by atoms with Gasteiger partial charge in [-0.05, 0) is 17.9 Å². The number of methoxy groups -OCH3 is 1. The van der Waals surface area contributed by atoms with Gasteiger partial charge in [0.1, 0.15) is 0 Å². The minimum atomic E-state index is -0.666. The molecule has 1 aromatic rings. The van der Waals surface area contributed by atoms with Crippen LogP contribution in [-0.4, -0.2) is 17.0 Å². The van der Waals surface area contributed by atoms with E-state index in [1.807, 2.05) is 20.8 Å². The van der Waals surface area contributed by atoms with Crippen LogP contribution in [0.15, 0.2) is 6.07 Å². The number of nitro groups is 2. The first-order chi connectivity index (χ1) is 8.61. The molecule has 0 saturated heterocycles. The highest BCUT2D eigenvalue weighted by Gasteiger charge is 2.34. The summed E-state index contributed by atoms with van der Waals surface area (Å²) < 4.78 is 4.86. The number of nitro benzene ring substituents is 2.